The van der Waals surface area contributed by atoms with Crippen LogP contribution in [0.2, 0.25) is 5.02 Å². The van der Waals surface area contributed by atoms with Gasteiger partial charge in [0.15, 0.2) is 16.6 Å². The molecule has 130 valence electrons. The quantitative estimate of drug-likeness (QED) is 0.531. The highest BCUT2D eigenvalue weighted by molar-refractivity contribution is 7.09. The van der Waals surface area contributed by atoms with Crippen molar-refractivity contribution in [3.63, 3.8) is 0 Å². The molecule has 0 aliphatic carbocycles. The number of halogens is 1. The third-order valence-corrected chi connectivity index (χ3v) is 4.42. The van der Waals surface area contributed by atoms with Crippen LogP contribution in [0.5, 0.6) is 0 Å². The van der Waals surface area contributed by atoms with Crippen LogP contribution in [-0.2, 0) is 6.54 Å². The molecule has 0 saturated carbocycles. The molecular weight excluding hydrogens is 376 g/mol. The maximum absolute atomic E-state index is 12.1. The number of aromatic nitrogens is 6. The first kappa shape index (κ1) is 16.6. The minimum Gasteiger partial charge on any atom is -0.359 e. The van der Waals surface area contributed by atoms with E-state index >= 15 is 0 Å². The average Bonchev–Trinajstić information content (AvgIpc) is 3.26. The minimum atomic E-state index is -0.255. The highest BCUT2D eigenvalue weighted by Gasteiger charge is 2.13. The number of pyridine rings is 1. The third kappa shape index (κ3) is 3.39. The lowest BCUT2D eigenvalue weighted by molar-refractivity contribution is 0.365. The number of nitrogens with zero attached hydrogens (tertiary/aromatic N) is 6. The van der Waals surface area contributed by atoms with E-state index in [1.807, 2.05) is 6.92 Å². The Kier molecular flexibility index (Phi) is 4.31. The summed E-state index contributed by atoms with van der Waals surface area (Å²) in [6.07, 6.45) is 1.61. The van der Waals surface area contributed by atoms with E-state index in [0.717, 1.165) is 5.69 Å². The van der Waals surface area contributed by atoms with Crippen LogP contribution in [0.3, 0.4) is 0 Å². The number of rotatable bonds is 4. The molecule has 4 aromatic heterocycles. The standard InChI is InChI=1S/C16H11ClN6O2S/c1-9-6-11(25-21-9)8-23-14(24)3-2-12(20-23)15-19-16(26-22-15)13-7-10(17)4-5-18-13/h2-7H,8H2,1H3. The minimum absolute atomic E-state index is 0.181. The molecule has 0 amide bonds. The third-order valence-electron chi connectivity index (χ3n) is 3.45. The molecule has 0 unspecified atom stereocenters. The highest BCUT2D eigenvalue weighted by Crippen LogP contribution is 2.24. The molecule has 26 heavy (non-hydrogen) atoms. The fourth-order valence-corrected chi connectivity index (χ4v) is 3.07. The van der Waals surface area contributed by atoms with Crippen molar-refractivity contribution in [2.75, 3.05) is 0 Å². The maximum atomic E-state index is 12.1. The second kappa shape index (κ2) is 6.77. The summed E-state index contributed by atoms with van der Waals surface area (Å²) in [4.78, 5) is 20.7. The lowest BCUT2D eigenvalue weighted by Gasteiger charge is -2.02. The van der Waals surface area contributed by atoms with Gasteiger partial charge in [0.05, 0.1) is 5.69 Å². The van der Waals surface area contributed by atoms with Crippen molar-refractivity contribution in [2.24, 2.45) is 0 Å². The monoisotopic (exact) mass is 386 g/mol. The van der Waals surface area contributed by atoms with Crippen molar-refractivity contribution >= 4 is 23.1 Å². The zero-order chi connectivity index (χ0) is 18.1. The van der Waals surface area contributed by atoms with E-state index in [9.17, 15) is 4.79 Å². The molecule has 0 spiro atoms. The molecule has 0 atom stereocenters. The summed E-state index contributed by atoms with van der Waals surface area (Å²) in [5.74, 6) is 0.957. The van der Waals surface area contributed by atoms with Gasteiger partial charge in [-0.15, -0.1) is 0 Å². The first-order chi connectivity index (χ1) is 12.6. The van der Waals surface area contributed by atoms with Crippen molar-refractivity contribution in [1.82, 2.24) is 29.3 Å². The number of hydrogen-bond donors (Lipinski definition) is 0. The van der Waals surface area contributed by atoms with E-state index in [1.54, 1.807) is 30.5 Å². The second-order valence-electron chi connectivity index (χ2n) is 5.43. The molecule has 0 radical (unpaired) electrons. The van der Waals surface area contributed by atoms with Crippen LogP contribution in [0.25, 0.3) is 22.2 Å². The van der Waals surface area contributed by atoms with Crippen LogP contribution in [0, 0.1) is 6.92 Å². The topological polar surface area (TPSA) is 99.6 Å². The Morgan fingerprint density at radius 2 is 2.12 bits per heavy atom. The van der Waals surface area contributed by atoms with Gasteiger partial charge in [-0.05, 0) is 36.7 Å². The predicted molar refractivity (Wildman–Crippen MR) is 96.0 cm³/mol. The van der Waals surface area contributed by atoms with Gasteiger partial charge in [-0.3, -0.25) is 9.78 Å². The Bertz CT molecular complexity index is 1140. The molecule has 0 N–H and O–H groups in total. The summed E-state index contributed by atoms with van der Waals surface area (Å²) in [5.41, 5.74) is 1.59. The molecule has 4 rings (SSSR count). The first-order valence-corrected chi connectivity index (χ1v) is 8.70. The lowest BCUT2D eigenvalue weighted by atomic mass is 10.3. The van der Waals surface area contributed by atoms with E-state index in [2.05, 4.69) is 24.6 Å². The van der Waals surface area contributed by atoms with Gasteiger partial charge in [-0.2, -0.15) is 9.47 Å². The molecule has 0 bridgehead atoms. The van der Waals surface area contributed by atoms with Crippen LogP contribution < -0.4 is 5.56 Å². The van der Waals surface area contributed by atoms with Gasteiger partial charge in [0.25, 0.3) is 5.56 Å². The van der Waals surface area contributed by atoms with Crippen molar-refractivity contribution in [3.8, 4) is 22.2 Å². The van der Waals surface area contributed by atoms with E-state index < -0.39 is 0 Å². The lowest BCUT2D eigenvalue weighted by Crippen LogP contribution is -2.22. The molecular formula is C16H11ClN6O2S. The summed E-state index contributed by atoms with van der Waals surface area (Å²) >= 11 is 7.17. The summed E-state index contributed by atoms with van der Waals surface area (Å²) in [5, 5.41) is 9.32. The van der Waals surface area contributed by atoms with Crippen molar-refractivity contribution < 1.29 is 4.52 Å². The van der Waals surface area contributed by atoms with E-state index in [0.29, 0.717) is 33.0 Å². The first-order valence-electron chi connectivity index (χ1n) is 7.55. The average molecular weight is 387 g/mol. The van der Waals surface area contributed by atoms with Gasteiger partial charge in [0.1, 0.15) is 17.9 Å². The summed E-state index contributed by atoms with van der Waals surface area (Å²) in [7, 11) is 0. The van der Waals surface area contributed by atoms with Crippen molar-refractivity contribution in [1.29, 1.82) is 0 Å². The molecule has 0 aliphatic heterocycles. The molecule has 4 aromatic rings. The molecule has 0 saturated heterocycles. The molecule has 0 aromatic carbocycles. The van der Waals surface area contributed by atoms with E-state index in [-0.39, 0.29) is 12.1 Å². The van der Waals surface area contributed by atoms with Gasteiger partial charge < -0.3 is 4.52 Å². The SMILES string of the molecule is Cc1cc(Cn2nc(-c3nsc(-c4cc(Cl)ccn4)n3)ccc2=O)on1. The van der Waals surface area contributed by atoms with E-state index in [1.165, 1.54) is 22.3 Å². The largest absolute Gasteiger partial charge is 0.359 e. The zero-order valence-corrected chi connectivity index (χ0v) is 15.0. The molecule has 0 aliphatic rings. The molecule has 4 heterocycles. The van der Waals surface area contributed by atoms with Gasteiger partial charge in [-0.25, -0.2) is 9.67 Å². The van der Waals surface area contributed by atoms with Crippen LogP contribution >= 0.6 is 23.1 Å². The van der Waals surface area contributed by atoms with Crippen molar-refractivity contribution in [3.05, 3.63) is 63.4 Å². The Labute approximate surface area is 156 Å². The van der Waals surface area contributed by atoms with E-state index in [4.69, 9.17) is 16.1 Å². The Balaban J connectivity index is 1.66. The van der Waals surface area contributed by atoms with Crippen LogP contribution in [0.4, 0.5) is 0 Å². The van der Waals surface area contributed by atoms with Gasteiger partial charge in [-0.1, -0.05) is 16.8 Å². The highest BCUT2D eigenvalue weighted by atomic mass is 35.5. The maximum Gasteiger partial charge on any atom is 0.267 e. The van der Waals surface area contributed by atoms with Gasteiger partial charge in [0.2, 0.25) is 0 Å². The Morgan fingerprint density at radius 3 is 2.88 bits per heavy atom. The molecule has 0 fully saturated rings. The number of hydrogen-bond acceptors (Lipinski definition) is 8. The summed E-state index contributed by atoms with van der Waals surface area (Å²) in [6, 6.07) is 8.17. The number of aryl methyl sites for hydroxylation is 1. The normalized spacial score (nSPS) is 11.0. The van der Waals surface area contributed by atoms with Crippen LogP contribution in [-0.4, -0.2) is 29.3 Å². The van der Waals surface area contributed by atoms with Crippen molar-refractivity contribution in [2.45, 2.75) is 13.5 Å². The predicted octanol–water partition coefficient (Wildman–Crippen LogP) is 2.82. The summed E-state index contributed by atoms with van der Waals surface area (Å²) in [6.45, 7) is 1.99. The fraction of sp³-hybridized carbons (Fsp3) is 0.125. The second-order valence-corrected chi connectivity index (χ2v) is 6.62. The summed E-state index contributed by atoms with van der Waals surface area (Å²) < 4.78 is 10.7. The molecule has 10 heteroatoms. The smallest absolute Gasteiger partial charge is 0.267 e. The fourth-order valence-electron chi connectivity index (χ4n) is 2.27. The zero-order valence-electron chi connectivity index (χ0n) is 13.5. The van der Waals surface area contributed by atoms with Gasteiger partial charge in [0, 0.05) is 23.4 Å². The van der Waals surface area contributed by atoms with Crippen LogP contribution in [0.15, 0.2) is 45.8 Å². The van der Waals surface area contributed by atoms with Crippen LogP contribution in [0.1, 0.15) is 11.5 Å². The Hall–Kier alpha value is -2.91. The van der Waals surface area contributed by atoms with Gasteiger partial charge >= 0.3 is 0 Å². The Morgan fingerprint density at radius 1 is 1.23 bits per heavy atom. The molecule has 8 nitrogen and oxygen atoms in total.